The summed E-state index contributed by atoms with van der Waals surface area (Å²) in [6, 6.07) is 8.96. The molecule has 0 spiro atoms. The highest BCUT2D eigenvalue weighted by molar-refractivity contribution is 6.00. The van der Waals surface area contributed by atoms with Crippen molar-refractivity contribution in [3.05, 3.63) is 63.7 Å². The lowest BCUT2D eigenvalue weighted by Crippen LogP contribution is -2.04. The molecule has 0 atom stereocenters. The van der Waals surface area contributed by atoms with Crippen LogP contribution >= 0.6 is 0 Å². The Hall–Kier alpha value is -3.22. The van der Waals surface area contributed by atoms with Crippen molar-refractivity contribution in [1.82, 2.24) is 0 Å². The molecule has 2 aromatic carbocycles. The second kappa shape index (κ2) is 5.41. The summed E-state index contributed by atoms with van der Waals surface area (Å²) < 4.78 is 0. The fourth-order valence-corrected chi connectivity index (χ4v) is 1.95. The first-order valence-electron chi connectivity index (χ1n) is 5.76. The quantitative estimate of drug-likeness (QED) is 0.659. The molecule has 0 aromatic heterocycles. The van der Waals surface area contributed by atoms with E-state index in [1.807, 2.05) is 0 Å². The molecule has 0 heterocycles. The fourth-order valence-electron chi connectivity index (χ4n) is 1.95. The van der Waals surface area contributed by atoms with E-state index in [1.54, 1.807) is 0 Å². The third-order valence-electron chi connectivity index (χ3n) is 2.89. The minimum absolute atomic E-state index is 0.00491. The lowest BCUT2D eigenvalue weighted by Gasteiger charge is -2.08. The van der Waals surface area contributed by atoms with E-state index in [4.69, 9.17) is 10.2 Å². The average molecular weight is 287 g/mol. The number of nitro groups is 1. The van der Waals surface area contributed by atoms with Gasteiger partial charge in [-0.1, -0.05) is 12.1 Å². The normalized spacial score (nSPS) is 10.1. The molecule has 2 N–H and O–H groups in total. The Bertz CT molecular complexity index is 753. The molecule has 2 aromatic rings. The van der Waals surface area contributed by atoms with Crippen molar-refractivity contribution in [3.63, 3.8) is 0 Å². The van der Waals surface area contributed by atoms with E-state index in [0.717, 1.165) is 18.2 Å². The molecule has 0 amide bonds. The molecular formula is C14H9NO6. The number of hydrogen-bond acceptors (Lipinski definition) is 4. The van der Waals surface area contributed by atoms with E-state index in [2.05, 4.69) is 0 Å². The summed E-state index contributed by atoms with van der Waals surface area (Å²) in [5, 5.41) is 29.2. The molecular weight excluding hydrogens is 278 g/mol. The van der Waals surface area contributed by atoms with Gasteiger partial charge in [0.15, 0.2) is 0 Å². The Balaban J connectivity index is 2.78. The first kappa shape index (κ1) is 14.2. The number of para-hydroxylation sites is 1. The fraction of sp³-hybridized carbons (Fsp3) is 0. The van der Waals surface area contributed by atoms with Crippen LogP contribution in [0.5, 0.6) is 0 Å². The predicted molar refractivity (Wildman–Crippen MR) is 72.5 cm³/mol. The van der Waals surface area contributed by atoms with E-state index in [9.17, 15) is 19.7 Å². The van der Waals surface area contributed by atoms with Crippen molar-refractivity contribution < 1.29 is 24.7 Å². The molecule has 0 bridgehead atoms. The van der Waals surface area contributed by atoms with Gasteiger partial charge in [-0.05, 0) is 24.3 Å². The maximum absolute atomic E-state index is 11.2. The van der Waals surface area contributed by atoms with Crippen LogP contribution in [-0.2, 0) is 0 Å². The lowest BCUT2D eigenvalue weighted by atomic mass is 9.96. The number of carboxylic acid groups (broad SMARTS) is 2. The first-order chi connectivity index (χ1) is 9.91. The highest BCUT2D eigenvalue weighted by Gasteiger charge is 2.21. The van der Waals surface area contributed by atoms with E-state index in [-0.39, 0.29) is 27.9 Å². The summed E-state index contributed by atoms with van der Waals surface area (Å²) in [6.07, 6.45) is 0. The van der Waals surface area contributed by atoms with Crippen molar-refractivity contribution >= 4 is 17.6 Å². The largest absolute Gasteiger partial charge is 0.478 e. The number of carboxylic acids is 2. The summed E-state index contributed by atoms with van der Waals surface area (Å²) in [4.78, 5) is 32.6. The van der Waals surface area contributed by atoms with Crippen LogP contribution < -0.4 is 0 Å². The molecule has 0 saturated heterocycles. The molecule has 0 aliphatic carbocycles. The number of carbonyl (C=O) groups is 2. The molecule has 0 saturated carbocycles. The number of nitro benzene ring substituents is 1. The van der Waals surface area contributed by atoms with Crippen LogP contribution in [0.4, 0.5) is 5.69 Å². The number of rotatable bonds is 4. The third-order valence-corrected chi connectivity index (χ3v) is 2.89. The van der Waals surface area contributed by atoms with Crippen LogP contribution in [0.1, 0.15) is 20.7 Å². The molecule has 0 fully saturated rings. The van der Waals surface area contributed by atoms with Gasteiger partial charge in [-0.25, -0.2) is 9.59 Å². The van der Waals surface area contributed by atoms with Crippen LogP contribution in [0.3, 0.4) is 0 Å². The molecule has 106 valence electrons. The van der Waals surface area contributed by atoms with Crippen molar-refractivity contribution in [2.75, 3.05) is 0 Å². The molecule has 0 unspecified atom stereocenters. The zero-order valence-electron chi connectivity index (χ0n) is 10.5. The monoisotopic (exact) mass is 287 g/mol. The van der Waals surface area contributed by atoms with Gasteiger partial charge in [-0.3, -0.25) is 10.1 Å². The van der Waals surface area contributed by atoms with Crippen LogP contribution in [0, 0.1) is 10.1 Å². The second-order valence-electron chi connectivity index (χ2n) is 4.14. The molecule has 0 radical (unpaired) electrons. The minimum atomic E-state index is -1.29. The zero-order chi connectivity index (χ0) is 15.6. The topological polar surface area (TPSA) is 118 Å². The van der Waals surface area contributed by atoms with Crippen molar-refractivity contribution in [1.29, 1.82) is 0 Å². The standard InChI is InChI=1S/C14H9NO6/c16-13(17)8-5-6-10(14(18)19)11(7-8)9-3-1-2-4-12(9)15(20)21/h1-7H,(H,16,17)(H,18,19). The van der Waals surface area contributed by atoms with Crippen LogP contribution in [0.25, 0.3) is 11.1 Å². The highest BCUT2D eigenvalue weighted by atomic mass is 16.6. The summed E-state index contributed by atoms with van der Waals surface area (Å²) in [5.41, 5.74) is -0.581. The van der Waals surface area contributed by atoms with Gasteiger partial charge in [0.05, 0.1) is 21.6 Å². The second-order valence-corrected chi connectivity index (χ2v) is 4.14. The van der Waals surface area contributed by atoms with Gasteiger partial charge in [0.1, 0.15) is 0 Å². The van der Waals surface area contributed by atoms with Gasteiger partial charge in [0.2, 0.25) is 0 Å². The van der Waals surface area contributed by atoms with Gasteiger partial charge in [-0.15, -0.1) is 0 Å². The summed E-state index contributed by atoms with van der Waals surface area (Å²) >= 11 is 0. The van der Waals surface area contributed by atoms with Gasteiger partial charge in [-0.2, -0.15) is 0 Å². The van der Waals surface area contributed by atoms with Crippen LogP contribution in [-0.4, -0.2) is 27.1 Å². The van der Waals surface area contributed by atoms with Gasteiger partial charge >= 0.3 is 11.9 Å². The maximum Gasteiger partial charge on any atom is 0.336 e. The smallest absolute Gasteiger partial charge is 0.336 e. The summed E-state index contributed by atoms with van der Waals surface area (Å²) in [6.45, 7) is 0. The zero-order valence-corrected chi connectivity index (χ0v) is 10.5. The van der Waals surface area contributed by atoms with E-state index in [1.165, 1.54) is 24.3 Å². The third kappa shape index (κ3) is 2.71. The molecule has 21 heavy (non-hydrogen) atoms. The first-order valence-corrected chi connectivity index (χ1v) is 5.76. The van der Waals surface area contributed by atoms with Gasteiger partial charge < -0.3 is 10.2 Å². The Morgan fingerprint density at radius 2 is 1.62 bits per heavy atom. The van der Waals surface area contributed by atoms with Crippen molar-refractivity contribution in [2.24, 2.45) is 0 Å². The SMILES string of the molecule is O=C(O)c1ccc(C(=O)O)c(-c2ccccc2[N+](=O)[O-])c1. The van der Waals surface area contributed by atoms with Gasteiger partial charge in [0.25, 0.3) is 5.69 Å². The Labute approximate surface area is 118 Å². The Morgan fingerprint density at radius 3 is 2.19 bits per heavy atom. The Kier molecular flexibility index (Phi) is 3.66. The average Bonchev–Trinajstić information content (AvgIpc) is 2.46. The number of benzene rings is 2. The lowest BCUT2D eigenvalue weighted by molar-refractivity contribution is -0.384. The van der Waals surface area contributed by atoms with Crippen LogP contribution in [0.15, 0.2) is 42.5 Å². The molecule has 0 aliphatic heterocycles. The van der Waals surface area contributed by atoms with E-state index < -0.39 is 16.9 Å². The number of nitrogens with zero attached hydrogens (tertiary/aromatic N) is 1. The van der Waals surface area contributed by atoms with Crippen LogP contribution in [0.2, 0.25) is 0 Å². The minimum Gasteiger partial charge on any atom is -0.478 e. The maximum atomic E-state index is 11.2. The van der Waals surface area contributed by atoms with Crippen molar-refractivity contribution in [2.45, 2.75) is 0 Å². The van der Waals surface area contributed by atoms with Crippen molar-refractivity contribution in [3.8, 4) is 11.1 Å². The van der Waals surface area contributed by atoms with E-state index >= 15 is 0 Å². The molecule has 7 heteroatoms. The molecule has 0 aliphatic rings. The predicted octanol–water partition coefficient (Wildman–Crippen LogP) is 2.66. The summed E-state index contributed by atoms with van der Waals surface area (Å²) in [5.74, 6) is -2.54. The summed E-state index contributed by atoms with van der Waals surface area (Å²) in [7, 11) is 0. The molecule has 2 rings (SSSR count). The van der Waals surface area contributed by atoms with E-state index in [0.29, 0.717) is 0 Å². The highest BCUT2D eigenvalue weighted by Crippen LogP contribution is 2.32. The molecule has 7 nitrogen and oxygen atoms in total. The number of hydrogen-bond donors (Lipinski definition) is 2. The Morgan fingerprint density at radius 1 is 0.952 bits per heavy atom. The van der Waals surface area contributed by atoms with Gasteiger partial charge in [0, 0.05) is 11.6 Å². The number of aromatic carboxylic acids is 2.